The van der Waals surface area contributed by atoms with Gasteiger partial charge in [-0.15, -0.1) is 17.9 Å². The van der Waals surface area contributed by atoms with E-state index in [1.807, 2.05) is 46.1 Å². The van der Waals surface area contributed by atoms with Crippen LogP contribution >= 0.6 is 11.3 Å². The third-order valence-corrected chi connectivity index (χ3v) is 20.6. The molecule has 1 heterocycles. The first-order chi connectivity index (χ1) is 22.6. The topological polar surface area (TPSA) is 74.7 Å². The maximum Gasteiger partial charge on any atom is 0.334 e. The van der Waals surface area contributed by atoms with Gasteiger partial charge in [0.2, 0.25) is 8.32 Å². The quantitative estimate of drug-likeness (QED) is 0.0461. The van der Waals surface area contributed by atoms with Crippen molar-refractivity contribution >= 4 is 45.8 Å². The van der Waals surface area contributed by atoms with Crippen LogP contribution in [-0.4, -0.2) is 45.6 Å². The predicted octanol–water partition coefficient (Wildman–Crippen LogP) is 12.3. The maximum atomic E-state index is 14.9. The Morgan fingerprint density at radius 1 is 0.940 bits per heavy atom. The average Bonchev–Trinajstić information content (AvgIpc) is 3.36. The molecule has 0 spiro atoms. The minimum absolute atomic E-state index is 0.00563. The van der Waals surface area contributed by atoms with E-state index >= 15 is 0 Å². The van der Waals surface area contributed by atoms with Crippen LogP contribution in [0.2, 0.25) is 36.3 Å². The molecule has 50 heavy (non-hydrogen) atoms. The Balaban J connectivity index is 3.67. The Morgan fingerprint density at radius 3 is 1.96 bits per heavy atom. The van der Waals surface area contributed by atoms with Crippen LogP contribution in [0.25, 0.3) is 6.08 Å². The van der Waals surface area contributed by atoms with Gasteiger partial charge in [-0.1, -0.05) is 88.2 Å². The number of ether oxygens (including phenoxy) is 1. The molecule has 286 valence electrons. The third-order valence-electron chi connectivity index (χ3n) is 11.0. The molecule has 0 unspecified atom stereocenters. The molecule has 0 saturated carbocycles. The lowest BCUT2D eigenvalue weighted by Gasteiger charge is -2.45. The maximum absolute atomic E-state index is 14.9. The fourth-order valence-corrected chi connectivity index (χ4v) is 8.59. The van der Waals surface area contributed by atoms with Crippen molar-refractivity contribution < 1.29 is 23.2 Å². The van der Waals surface area contributed by atoms with Gasteiger partial charge in [0, 0.05) is 17.7 Å². The Morgan fingerprint density at radius 2 is 1.50 bits per heavy atom. The highest BCUT2D eigenvalue weighted by Crippen LogP contribution is 2.44. The second kappa shape index (κ2) is 18.3. The van der Waals surface area contributed by atoms with Gasteiger partial charge in [0.05, 0.1) is 34.1 Å². The smallest absolute Gasteiger partial charge is 0.334 e. The monoisotopic (exact) mass is 747 g/mol. The molecule has 1 aromatic rings. The molecule has 0 aromatic carbocycles. The summed E-state index contributed by atoms with van der Waals surface area (Å²) >= 11 is 1.58. The molecule has 1 rings (SSSR count). The summed E-state index contributed by atoms with van der Waals surface area (Å²) in [4.78, 5) is 33.2. The number of carbonyl (C=O) groups excluding carboxylic acids is 2. The number of ketones is 1. The number of allylic oxidation sites excluding steroid dienone is 1. The second-order valence-electron chi connectivity index (χ2n) is 18.4. The molecule has 0 bridgehead atoms. The molecular weight excluding hydrogens is 675 g/mol. The third kappa shape index (κ3) is 13.3. The molecule has 9 heteroatoms. The molecule has 0 radical (unpaired) electrons. The van der Waals surface area contributed by atoms with Gasteiger partial charge in [-0.25, -0.2) is 9.78 Å². The highest BCUT2D eigenvalue weighted by molar-refractivity contribution is 7.09. The van der Waals surface area contributed by atoms with E-state index in [1.165, 1.54) is 6.08 Å². The first kappa shape index (κ1) is 46.2. The molecule has 0 amide bonds. The van der Waals surface area contributed by atoms with Gasteiger partial charge in [-0.3, -0.25) is 4.79 Å². The number of aryl methyl sites for hydroxylation is 1. The van der Waals surface area contributed by atoms with Gasteiger partial charge in [-0.2, -0.15) is 0 Å². The first-order valence-corrected chi connectivity index (χ1v) is 25.3. The van der Waals surface area contributed by atoms with E-state index in [0.717, 1.165) is 35.5 Å². The lowest BCUT2D eigenvalue weighted by molar-refractivity contribution is -0.141. The van der Waals surface area contributed by atoms with Crippen LogP contribution in [0, 0.1) is 30.1 Å². The summed E-state index contributed by atoms with van der Waals surface area (Å²) in [6, 6.07) is 0. The Hall–Kier alpha value is -1.82. The Labute approximate surface area is 313 Å². The zero-order valence-electron chi connectivity index (χ0n) is 35.1. The molecule has 0 aliphatic heterocycles. The molecular formula is C41H73NO5SSi2. The Bertz CT molecular complexity index is 1340. The summed E-state index contributed by atoms with van der Waals surface area (Å²) in [5.74, 6) is 0.216. The largest absolute Gasteiger partial charge is 0.545 e. The highest BCUT2D eigenvalue weighted by Gasteiger charge is 2.48. The summed E-state index contributed by atoms with van der Waals surface area (Å²) < 4.78 is 20.1. The predicted molar refractivity (Wildman–Crippen MR) is 219 cm³/mol. The number of hydrogen-bond acceptors (Lipinski definition) is 7. The highest BCUT2D eigenvalue weighted by atomic mass is 32.1. The molecule has 1 aromatic heterocycles. The summed E-state index contributed by atoms with van der Waals surface area (Å²) in [6.07, 6.45) is 8.01. The first-order valence-electron chi connectivity index (χ1n) is 18.6. The lowest BCUT2D eigenvalue weighted by atomic mass is 9.75. The van der Waals surface area contributed by atoms with Gasteiger partial charge in [0.15, 0.2) is 14.1 Å². The minimum atomic E-state index is -2.48. The van der Waals surface area contributed by atoms with Crippen LogP contribution < -0.4 is 0 Å². The molecule has 0 aliphatic rings. The van der Waals surface area contributed by atoms with E-state index < -0.39 is 40.0 Å². The molecule has 6 nitrogen and oxygen atoms in total. The normalized spacial score (nSPS) is 16.5. The van der Waals surface area contributed by atoms with Crippen molar-refractivity contribution in [1.82, 2.24) is 4.98 Å². The van der Waals surface area contributed by atoms with Crippen LogP contribution in [0.3, 0.4) is 0 Å². The van der Waals surface area contributed by atoms with Gasteiger partial charge >= 0.3 is 5.97 Å². The van der Waals surface area contributed by atoms with Crippen molar-refractivity contribution in [3.8, 4) is 0 Å². The number of esters is 1. The van der Waals surface area contributed by atoms with Crippen molar-refractivity contribution in [1.29, 1.82) is 0 Å². The number of carbonyl (C=O) groups is 2. The van der Waals surface area contributed by atoms with Gasteiger partial charge < -0.3 is 13.6 Å². The average molecular weight is 748 g/mol. The molecule has 0 aliphatic carbocycles. The number of nitrogens with zero attached hydrogens (tertiary/aromatic N) is 1. The van der Waals surface area contributed by atoms with E-state index in [9.17, 15) is 9.59 Å². The lowest BCUT2D eigenvalue weighted by Crippen LogP contribution is -2.51. The van der Waals surface area contributed by atoms with Crippen LogP contribution in [0.4, 0.5) is 0 Å². The van der Waals surface area contributed by atoms with Crippen LogP contribution in [0.5, 0.6) is 0 Å². The number of rotatable bonds is 19. The van der Waals surface area contributed by atoms with E-state index in [4.69, 9.17) is 13.6 Å². The zero-order chi connectivity index (χ0) is 39.0. The van der Waals surface area contributed by atoms with Gasteiger partial charge in [0.25, 0.3) is 0 Å². The number of aromatic nitrogens is 1. The van der Waals surface area contributed by atoms with E-state index in [-0.39, 0.29) is 27.9 Å². The summed E-state index contributed by atoms with van der Waals surface area (Å²) in [5, 5.41) is 2.79. The zero-order valence-corrected chi connectivity index (χ0v) is 37.9. The fourth-order valence-electron chi connectivity index (χ4n) is 5.38. The molecule has 0 saturated heterocycles. The fraction of sp³-hybridized carbons (Fsp3) is 0.732. The van der Waals surface area contributed by atoms with Crippen molar-refractivity contribution in [3.05, 3.63) is 46.1 Å². The standard InChI is InChI=1S/C41H73NO5SSi2/c1-20-22-34(30(5)25-33-27-48-32(7)42-33)45-36(43)26-35(46-49(16,17)39(8,9)10)41(14,15)38(44)31(6)37(29(4)24-21-23-28(2)3)47-50(18,19)40(11,12)13/h20,25-29,31,34,37H,1,21-24H2,2-19H3/t29-,31+,34-,37-/m0/s1. The van der Waals surface area contributed by atoms with Crippen molar-refractivity contribution in [3.63, 3.8) is 0 Å². The summed E-state index contributed by atoms with van der Waals surface area (Å²) in [7, 11) is -4.70. The van der Waals surface area contributed by atoms with Crippen LogP contribution in [-0.2, 0) is 23.2 Å². The van der Waals surface area contributed by atoms with Crippen molar-refractivity contribution in [2.45, 2.75) is 171 Å². The summed E-state index contributed by atoms with van der Waals surface area (Å²) in [5.41, 5.74) is 0.587. The van der Waals surface area contributed by atoms with E-state index in [0.29, 0.717) is 18.1 Å². The van der Waals surface area contributed by atoms with Crippen LogP contribution in [0.1, 0.15) is 126 Å². The van der Waals surface area contributed by atoms with E-state index in [2.05, 4.69) is 100 Å². The van der Waals surface area contributed by atoms with Gasteiger partial charge in [0.1, 0.15) is 6.10 Å². The number of thiazole rings is 1. The molecule has 0 fully saturated rings. The van der Waals surface area contributed by atoms with E-state index in [1.54, 1.807) is 17.4 Å². The second-order valence-corrected chi connectivity index (χ2v) is 29.0. The molecule has 4 atom stereocenters. The minimum Gasteiger partial charge on any atom is -0.545 e. The Kier molecular flexibility index (Phi) is 16.9. The SMILES string of the molecule is C=CC[C@H](OC(=O)C=C(O[Si](C)(C)C(C)(C)C)C(C)(C)C(=O)[C@H](C)[C@@H](O[Si](C)(C)C(C)(C)C)[C@@H](C)CCCC(C)C)C(C)=Cc1csc(C)n1. The van der Waals surface area contributed by atoms with Gasteiger partial charge in [-0.05, 0) is 93.9 Å². The summed E-state index contributed by atoms with van der Waals surface area (Å²) in [6.45, 7) is 42.3. The number of hydrogen-bond donors (Lipinski definition) is 0. The number of Topliss-reactive ketones (excluding diaryl/α,β-unsaturated/α-hetero) is 1. The van der Waals surface area contributed by atoms with Crippen molar-refractivity contribution in [2.24, 2.45) is 23.2 Å². The van der Waals surface area contributed by atoms with Crippen LogP contribution in [0.15, 0.2) is 35.4 Å². The van der Waals surface area contributed by atoms with Crippen molar-refractivity contribution in [2.75, 3.05) is 0 Å². The molecule has 0 N–H and O–H groups in total.